The highest BCUT2D eigenvalue weighted by molar-refractivity contribution is 5.90. The molecule has 1 aliphatic heterocycles. The van der Waals surface area contributed by atoms with Crippen molar-refractivity contribution >= 4 is 22.7 Å². The van der Waals surface area contributed by atoms with Gasteiger partial charge in [-0.05, 0) is 19.2 Å². The predicted molar refractivity (Wildman–Crippen MR) is 87.9 cm³/mol. The Hall–Kier alpha value is -2.14. The maximum atomic E-state index is 4.72. The van der Waals surface area contributed by atoms with Crippen molar-refractivity contribution in [3.63, 3.8) is 0 Å². The second kappa shape index (κ2) is 6.10. The molecule has 1 aromatic carbocycles. The van der Waals surface area contributed by atoms with Gasteiger partial charge < -0.3 is 15.1 Å². The van der Waals surface area contributed by atoms with Gasteiger partial charge in [0.1, 0.15) is 5.82 Å². The van der Waals surface area contributed by atoms with Gasteiger partial charge in [0, 0.05) is 38.1 Å². The van der Waals surface area contributed by atoms with Crippen molar-refractivity contribution in [1.82, 2.24) is 14.9 Å². The quantitative estimate of drug-likeness (QED) is 0.869. The number of rotatable bonds is 4. The van der Waals surface area contributed by atoms with Crippen LogP contribution >= 0.6 is 0 Å². The zero-order valence-corrected chi connectivity index (χ0v) is 12.4. The van der Waals surface area contributed by atoms with Crippen molar-refractivity contribution < 1.29 is 0 Å². The van der Waals surface area contributed by atoms with E-state index in [0.29, 0.717) is 6.54 Å². The summed E-state index contributed by atoms with van der Waals surface area (Å²) in [6.45, 7) is 8.48. The summed E-state index contributed by atoms with van der Waals surface area (Å²) in [6, 6.07) is 8.12. The number of piperazine rings is 1. The molecule has 2 heterocycles. The van der Waals surface area contributed by atoms with Crippen LogP contribution < -0.4 is 10.2 Å². The minimum atomic E-state index is 0.698. The monoisotopic (exact) mass is 283 g/mol. The van der Waals surface area contributed by atoms with E-state index in [1.54, 1.807) is 0 Å². The number of nitrogens with one attached hydrogen (secondary N) is 1. The Morgan fingerprint density at radius 1 is 1.19 bits per heavy atom. The normalized spacial score (nSPS) is 16.1. The van der Waals surface area contributed by atoms with E-state index in [2.05, 4.69) is 34.8 Å². The van der Waals surface area contributed by atoms with Crippen molar-refractivity contribution in [2.75, 3.05) is 50.0 Å². The van der Waals surface area contributed by atoms with Crippen LogP contribution in [0.1, 0.15) is 0 Å². The van der Waals surface area contributed by atoms with Gasteiger partial charge in [-0.3, -0.25) is 0 Å². The maximum Gasteiger partial charge on any atom is 0.227 e. The molecule has 21 heavy (non-hydrogen) atoms. The summed E-state index contributed by atoms with van der Waals surface area (Å²) in [5, 5.41) is 4.37. The van der Waals surface area contributed by atoms with E-state index < -0.39 is 0 Å². The van der Waals surface area contributed by atoms with E-state index in [4.69, 9.17) is 9.97 Å². The van der Waals surface area contributed by atoms with Gasteiger partial charge in [0.2, 0.25) is 5.95 Å². The number of para-hydroxylation sites is 1. The summed E-state index contributed by atoms with van der Waals surface area (Å²) in [7, 11) is 2.15. The molecule has 1 fully saturated rings. The van der Waals surface area contributed by atoms with Gasteiger partial charge in [0.05, 0.1) is 5.52 Å². The highest BCUT2D eigenvalue weighted by atomic mass is 15.3. The van der Waals surface area contributed by atoms with Crippen molar-refractivity contribution in [3.05, 3.63) is 36.9 Å². The zero-order valence-electron chi connectivity index (χ0n) is 12.4. The summed E-state index contributed by atoms with van der Waals surface area (Å²) >= 11 is 0. The van der Waals surface area contributed by atoms with Crippen LogP contribution in [0.25, 0.3) is 10.9 Å². The lowest BCUT2D eigenvalue weighted by molar-refractivity contribution is 0.311. The molecule has 1 saturated heterocycles. The highest BCUT2D eigenvalue weighted by Gasteiger charge is 2.18. The molecule has 0 unspecified atom stereocenters. The average molecular weight is 283 g/mol. The van der Waals surface area contributed by atoms with Gasteiger partial charge in [-0.15, -0.1) is 6.58 Å². The topological polar surface area (TPSA) is 44.3 Å². The molecule has 1 aromatic heterocycles. The summed E-state index contributed by atoms with van der Waals surface area (Å²) in [6.07, 6.45) is 1.84. The molecule has 2 aromatic rings. The standard InChI is InChI=1S/C16H21N5/c1-3-8-17-15-13-6-4-5-7-14(13)18-16(19-15)21-11-9-20(2)10-12-21/h3-7H,1,8-12H2,2H3,(H,17,18,19). The molecule has 0 radical (unpaired) electrons. The Morgan fingerprint density at radius 2 is 1.95 bits per heavy atom. The fourth-order valence-corrected chi connectivity index (χ4v) is 2.52. The first-order valence-electron chi connectivity index (χ1n) is 7.33. The number of hydrogen-bond donors (Lipinski definition) is 1. The van der Waals surface area contributed by atoms with Crippen LogP contribution in [-0.2, 0) is 0 Å². The van der Waals surface area contributed by atoms with Crippen LogP contribution in [0.3, 0.4) is 0 Å². The van der Waals surface area contributed by atoms with Crippen LogP contribution in [0.2, 0.25) is 0 Å². The predicted octanol–water partition coefficient (Wildman–Crippen LogP) is 1.98. The van der Waals surface area contributed by atoms with E-state index in [1.165, 1.54) is 0 Å². The second-order valence-electron chi connectivity index (χ2n) is 5.35. The van der Waals surface area contributed by atoms with E-state index in [0.717, 1.165) is 48.8 Å². The number of fused-ring (bicyclic) bond motifs is 1. The molecule has 0 aliphatic carbocycles. The van der Waals surface area contributed by atoms with Gasteiger partial charge in [0.15, 0.2) is 0 Å². The SMILES string of the molecule is C=CCNc1nc(N2CCN(C)CC2)nc2ccccc12. The number of hydrogen-bond acceptors (Lipinski definition) is 5. The molecule has 0 bridgehead atoms. The minimum absolute atomic E-state index is 0.698. The molecule has 5 nitrogen and oxygen atoms in total. The van der Waals surface area contributed by atoms with E-state index in [1.807, 2.05) is 24.3 Å². The second-order valence-corrected chi connectivity index (χ2v) is 5.35. The molecule has 0 atom stereocenters. The molecule has 5 heteroatoms. The number of likely N-dealkylation sites (N-methyl/N-ethyl adjacent to an activating group) is 1. The maximum absolute atomic E-state index is 4.72. The Balaban J connectivity index is 1.97. The van der Waals surface area contributed by atoms with Crippen molar-refractivity contribution in [3.8, 4) is 0 Å². The smallest absolute Gasteiger partial charge is 0.227 e. The van der Waals surface area contributed by atoms with Gasteiger partial charge in [-0.2, -0.15) is 4.98 Å². The lowest BCUT2D eigenvalue weighted by atomic mass is 10.2. The number of nitrogens with zero attached hydrogens (tertiary/aromatic N) is 4. The van der Waals surface area contributed by atoms with Crippen LogP contribution in [-0.4, -0.2) is 54.6 Å². The van der Waals surface area contributed by atoms with Crippen molar-refractivity contribution in [1.29, 1.82) is 0 Å². The summed E-state index contributed by atoms with van der Waals surface area (Å²) < 4.78 is 0. The Labute approximate surface area is 125 Å². The molecule has 3 rings (SSSR count). The van der Waals surface area contributed by atoms with Crippen LogP contribution in [0, 0.1) is 0 Å². The third-order valence-electron chi connectivity index (χ3n) is 3.79. The fourth-order valence-electron chi connectivity index (χ4n) is 2.52. The lowest BCUT2D eigenvalue weighted by Gasteiger charge is -2.32. The van der Waals surface area contributed by atoms with Crippen LogP contribution in [0.5, 0.6) is 0 Å². The fraction of sp³-hybridized carbons (Fsp3) is 0.375. The first kappa shape index (κ1) is 13.8. The van der Waals surface area contributed by atoms with E-state index in [9.17, 15) is 0 Å². The highest BCUT2D eigenvalue weighted by Crippen LogP contribution is 2.23. The van der Waals surface area contributed by atoms with E-state index >= 15 is 0 Å². The molecule has 0 saturated carbocycles. The number of anilines is 2. The number of aromatic nitrogens is 2. The molecule has 1 N–H and O–H groups in total. The van der Waals surface area contributed by atoms with Gasteiger partial charge in [0.25, 0.3) is 0 Å². The van der Waals surface area contributed by atoms with Gasteiger partial charge in [-0.25, -0.2) is 4.98 Å². The Kier molecular flexibility index (Phi) is 4.01. The first-order valence-corrected chi connectivity index (χ1v) is 7.33. The van der Waals surface area contributed by atoms with Gasteiger partial charge >= 0.3 is 0 Å². The van der Waals surface area contributed by atoms with E-state index in [-0.39, 0.29) is 0 Å². The molecule has 0 amide bonds. The number of benzene rings is 1. The van der Waals surface area contributed by atoms with Crippen LogP contribution in [0.15, 0.2) is 36.9 Å². The zero-order chi connectivity index (χ0) is 14.7. The molecule has 1 aliphatic rings. The summed E-state index contributed by atoms with van der Waals surface area (Å²) in [4.78, 5) is 14.0. The Morgan fingerprint density at radius 3 is 2.71 bits per heavy atom. The molecule has 110 valence electrons. The van der Waals surface area contributed by atoms with Crippen LogP contribution in [0.4, 0.5) is 11.8 Å². The third kappa shape index (κ3) is 2.97. The molecule has 0 spiro atoms. The Bertz CT molecular complexity index is 632. The summed E-state index contributed by atoms with van der Waals surface area (Å²) in [5.74, 6) is 1.70. The van der Waals surface area contributed by atoms with Gasteiger partial charge in [-0.1, -0.05) is 18.2 Å². The first-order chi connectivity index (χ1) is 10.3. The minimum Gasteiger partial charge on any atom is -0.366 e. The largest absolute Gasteiger partial charge is 0.366 e. The molecular formula is C16H21N5. The average Bonchev–Trinajstić information content (AvgIpc) is 2.53. The van der Waals surface area contributed by atoms with Crippen molar-refractivity contribution in [2.24, 2.45) is 0 Å². The third-order valence-corrected chi connectivity index (χ3v) is 3.79. The summed E-state index contributed by atoms with van der Waals surface area (Å²) in [5.41, 5.74) is 0.980. The lowest BCUT2D eigenvalue weighted by Crippen LogP contribution is -2.45. The van der Waals surface area contributed by atoms with Crippen molar-refractivity contribution in [2.45, 2.75) is 0 Å². The molecular weight excluding hydrogens is 262 g/mol.